The molecule has 0 saturated heterocycles. The lowest BCUT2D eigenvalue weighted by atomic mass is 10.2. The van der Waals surface area contributed by atoms with E-state index < -0.39 is 0 Å². The lowest BCUT2D eigenvalue weighted by Crippen LogP contribution is -2.20. The lowest BCUT2D eigenvalue weighted by Gasteiger charge is -2.15. The van der Waals surface area contributed by atoms with Crippen LogP contribution in [0.3, 0.4) is 0 Å². The molecular weight excluding hydrogens is 218 g/mol. The fourth-order valence-corrected chi connectivity index (χ4v) is 2.46. The Hall–Kier alpha value is -0.610. The highest BCUT2D eigenvalue weighted by Crippen LogP contribution is 2.23. The summed E-state index contributed by atoms with van der Waals surface area (Å²) in [6.07, 6.45) is 2.46. The number of aromatic nitrogens is 1. The van der Waals surface area contributed by atoms with E-state index in [1.165, 1.54) is 12.8 Å². The highest BCUT2D eigenvalue weighted by molar-refractivity contribution is 7.13. The van der Waals surface area contributed by atoms with Gasteiger partial charge in [0.25, 0.3) is 0 Å². The molecule has 0 saturated carbocycles. The van der Waals surface area contributed by atoms with Crippen LogP contribution < -0.4 is 10.2 Å². The maximum Gasteiger partial charge on any atom is 0.185 e. The van der Waals surface area contributed by atoms with Gasteiger partial charge in [-0.25, -0.2) is 4.98 Å². The van der Waals surface area contributed by atoms with E-state index in [0.29, 0.717) is 6.04 Å². The molecule has 4 heteroatoms. The summed E-state index contributed by atoms with van der Waals surface area (Å²) in [6.45, 7) is 8.58. The molecule has 0 fully saturated rings. The normalized spacial score (nSPS) is 12.8. The molecule has 1 aromatic heterocycles. The Kier molecular flexibility index (Phi) is 5.77. The van der Waals surface area contributed by atoms with Crippen LogP contribution in [0.5, 0.6) is 0 Å². The molecule has 0 radical (unpaired) electrons. The number of nitrogens with one attached hydrogen (secondary N) is 1. The van der Waals surface area contributed by atoms with Crippen LogP contribution in [0, 0.1) is 0 Å². The van der Waals surface area contributed by atoms with Crippen LogP contribution in [-0.2, 0) is 0 Å². The van der Waals surface area contributed by atoms with Gasteiger partial charge in [-0.15, -0.1) is 11.3 Å². The van der Waals surface area contributed by atoms with Gasteiger partial charge in [0, 0.05) is 25.0 Å². The smallest absolute Gasteiger partial charge is 0.185 e. The molecule has 0 amide bonds. The van der Waals surface area contributed by atoms with Gasteiger partial charge in [-0.05, 0) is 19.9 Å². The molecule has 1 heterocycles. The van der Waals surface area contributed by atoms with Crippen molar-refractivity contribution in [3.8, 4) is 0 Å². The molecule has 0 bridgehead atoms. The first-order chi connectivity index (χ1) is 7.69. The molecule has 1 unspecified atom stereocenters. The molecule has 0 aliphatic rings. The van der Waals surface area contributed by atoms with Gasteiger partial charge in [-0.2, -0.15) is 0 Å². The zero-order valence-electron chi connectivity index (χ0n) is 10.8. The van der Waals surface area contributed by atoms with Crippen molar-refractivity contribution in [2.45, 2.75) is 39.7 Å². The quantitative estimate of drug-likeness (QED) is 0.795. The van der Waals surface area contributed by atoms with Gasteiger partial charge in [0.1, 0.15) is 0 Å². The molecule has 0 aliphatic carbocycles. The summed E-state index contributed by atoms with van der Waals surface area (Å²) in [5.74, 6) is 0. The minimum atomic E-state index is 0.356. The van der Waals surface area contributed by atoms with E-state index in [4.69, 9.17) is 0 Å². The Labute approximate surface area is 103 Å². The Balaban J connectivity index is 2.56. The number of anilines is 1. The van der Waals surface area contributed by atoms with Gasteiger partial charge in [0.2, 0.25) is 0 Å². The summed E-state index contributed by atoms with van der Waals surface area (Å²) in [5.41, 5.74) is 1.16. The van der Waals surface area contributed by atoms with Crippen LogP contribution in [0.25, 0.3) is 0 Å². The predicted octanol–water partition coefficient (Wildman–Crippen LogP) is 3.05. The SMILES string of the molecule is CCCCN(C)c1nc(C(C)NCC)cs1. The molecule has 3 nitrogen and oxygen atoms in total. The van der Waals surface area contributed by atoms with Gasteiger partial charge in [-0.1, -0.05) is 20.3 Å². The number of nitrogens with zero attached hydrogens (tertiary/aromatic N) is 2. The van der Waals surface area contributed by atoms with E-state index in [-0.39, 0.29) is 0 Å². The monoisotopic (exact) mass is 241 g/mol. The Morgan fingerprint density at radius 2 is 2.25 bits per heavy atom. The summed E-state index contributed by atoms with van der Waals surface area (Å²) in [6, 6.07) is 0.356. The third kappa shape index (κ3) is 3.76. The van der Waals surface area contributed by atoms with E-state index in [1.807, 2.05) is 0 Å². The summed E-state index contributed by atoms with van der Waals surface area (Å²) in [7, 11) is 2.12. The standard InChI is InChI=1S/C12H23N3S/c1-5-7-8-15(4)12-14-11(9-16-12)10(3)13-6-2/h9-10,13H,5-8H2,1-4H3. The van der Waals surface area contributed by atoms with Crippen LogP contribution >= 0.6 is 11.3 Å². The highest BCUT2D eigenvalue weighted by atomic mass is 32.1. The first-order valence-electron chi connectivity index (χ1n) is 6.09. The van der Waals surface area contributed by atoms with Crippen LogP contribution in [0.2, 0.25) is 0 Å². The average molecular weight is 241 g/mol. The average Bonchev–Trinajstić information content (AvgIpc) is 2.75. The van der Waals surface area contributed by atoms with Crippen LogP contribution in [0.15, 0.2) is 5.38 Å². The molecule has 0 spiro atoms. The van der Waals surface area contributed by atoms with Crippen molar-refractivity contribution in [2.24, 2.45) is 0 Å². The van der Waals surface area contributed by atoms with Crippen LogP contribution in [0.1, 0.15) is 45.3 Å². The number of unbranched alkanes of at least 4 members (excludes halogenated alkanes) is 1. The third-order valence-electron chi connectivity index (χ3n) is 2.64. The second-order valence-corrected chi connectivity index (χ2v) is 4.95. The molecule has 1 rings (SSSR count). The van der Waals surface area contributed by atoms with Gasteiger partial charge >= 0.3 is 0 Å². The van der Waals surface area contributed by atoms with Crippen molar-refractivity contribution in [3.63, 3.8) is 0 Å². The summed E-state index contributed by atoms with van der Waals surface area (Å²) >= 11 is 1.74. The van der Waals surface area contributed by atoms with Crippen LogP contribution in [0.4, 0.5) is 5.13 Å². The van der Waals surface area contributed by atoms with E-state index in [2.05, 4.69) is 48.4 Å². The fourth-order valence-electron chi connectivity index (χ4n) is 1.55. The van der Waals surface area contributed by atoms with E-state index in [9.17, 15) is 0 Å². The van der Waals surface area contributed by atoms with Gasteiger partial charge in [0.15, 0.2) is 5.13 Å². The van der Waals surface area contributed by atoms with Crippen molar-refractivity contribution in [1.82, 2.24) is 10.3 Å². The van der Waals surface area contributed by atoms with Crippen molar-refractivity contribution in [2.75, 3.05) is 25.0 Å². The van der Waals surface area contributed by atoms with Crippen molar-refractivity contribution in [3.05, 3.63) is 11.1 Å². The molecule has 0 aliphatic heterocycles. The number of thiazole rings is 1. The largest absolute Gasteiger partial charge is 0.351 e. The van der Waals surface area contributed by atoms with Gasteiger partial charge in [0.05, 0.1) is 5.69 Å². The predicted molar refractivity (Wildman–Crippen MR) is 72.4 cm³/mol. The Bertz CT molecular complexity index is 298. The molecule has 1 aromatic rings. The molecule has 92 valence electrons. The minimum absolute atomic E-state index is 0.356. The lowest BCUT2D eigenvalue weighted by molar-refractivity contribution is 0.586. The molecule has 16 heavy (non-hydrogen) atoms. The van der Waals surface area contributed by atoms with Crippen LogP contribution in [-0.4, -0.2) is 25.1 Å². The highest BCUT2D eigenvalue weighted by Gasteiger charge is 2.10. The zero-order valence-corrected chi connectivity index (χ0v) is 11.6. The van der Waals surface area contributed by atoms with Crippen molar-refractivity contribution < 1.29 is 0 Å². The minimum Gasteiger partial charge on any atom is -0.351 e. The van der Waals surface area contributed by atoms with Gasteiger partial charge in [-0.3, -0.25) is 0 Å². The first-order valence-corrected chi connectivity index (χ1v) is 6.96. The van der Waals surface area contributed by atoms with E-state index >= 15 is 0 Å². The Morgan fingerprint density at radius 1 is 1.50 bits per heavy atom. The van der Waals surface area contributed by atoms with Crippen molar-refractivity contribution in [1.29, 1.82) is 0 Å². The topological polar surface area (TPSA) is 28.2 Å². The number of hydrogen-bond acceptors (Lipinski definition) is 4. The maximum absolute atomic E-state index is 4.66. The maximum atomic E-state index is 4.66. The second-order valence-electron chi connectivity index (χ2n) is 4.11. The molecular formula is C12H23N3S. The molecule has 0 aromatic carbocycles. The zero-order chi connectivity index (χ0) is 12.0. The number of rotatable bonds is 7. The van der Waals surface area contributed by atoms with E-state index in [1.54, 1.807) is 11.3 Å². The molecule has 1 N–H and O–H groups in total. The van der Waals surface area contributed by atoms with Gasteiger partial charge < -0.3 is 10.2 Å². The second kappa shape index (κ2) is 6.86. The first kappa shape index (κ1) is 13.5. The Morgan fingerprint density at radius 3 is 2.88 bits per heavy atom. The summed E-state index contributed by atoms with van der Waals surface area (Å²) in [5, 5.41) is 6.67. The third-order valence-corrected chi connectivity index (χ3v) is 3.61. The molecule has 1 atom stereocenters. The van der Waals surface area contributed by atoms with E-state index in [0.717, 1.165) is 23.9 Å². The van der Waals surface area contributed by atoms with Crippen molar-refractivity contribution >= 4 is 16.5 Å². The number of hydrogen-bond donors (Lipinski definition) is 1. The fraction of sp³-hybridized carbons (Fsp3) is 0.750. The summed E-state index contributed by atoms with van der Waals surface area (Å²) < 4.78 is 0. The summed E-state index contributed by atoms with van der Waals surface area (Å²) in [4.78, 5) is 6.91.